The monoisotopic (exact) mass is 317 g/mol. The summed E-state index contributed by atoms with van der Waals surface area (Å²) < 4.78 is 5.24. The van der Waals surface area contributed by atoms with E-state index in [2.05, 4.69) is 22.0 Å². The fourth-order valence-corrected chi connectivity index (χ4v) is 2.39. The average molecular weight is 318 g/mol. The first-order chi connectivity index (χ1) is 9.27. The van der Waals surface area contributed by atoms with Gasteiger partial charge >= 0.3 is 0 Å². The molecule has 1 saturated heterocycles. The Labute approximate surface area is 130 Å². The number of rotatable bonds is 4. The van der Waals surface area contributed by atoms with Crippen molar-refractivity contribution < 1.29 is 9.32 Å². The zero-order chi connectivity index (χ0) is 14.9. The molecule has 0 spiro atoms. The van der Waals surface area contributed by atoms with Crippen LogP contribution in [-0.2, 0) is 16.9 Å². The van der Waals surface area contributed by atoms with E-state index in [1.54, 1.807) is 0 Å². The largest absolute Gasteiger partial charge is 0.369 e. The molecule has 4 N–H and O–H groups in total. The van der Waals surface area contributed by atoms with Gasteiger partial charge in [-0.25, -0.2) is 0 Å². The Balaban J connectivity index is 0.00000220. The molecule has 0 aliphatic carbocycles. The van der Waals surface area contributed by atoms with E-state index in [0.29, 0.717) is 30.8 Å². The lowest BCUT2D eigenvalue weighted by Gasteiger charge is -2.35. The van der Waals surface area contributed by atoms with Crippen molar-refractivity contribution in [3.8, 4) is 0 Å². The van der Waals surface area contributed by atoms with Gasteiger partial charge in [-0.15, -0.1) is 12.4 Å². The van der Waals surface area contributed by atoms with Crippen molar-refractivity contribution in [3.63, 3.8) is 0 Å². The summed E-state index contributed by atoms with van der Waals surface area (Å²) in [5.41, 5.74) is 10.7. The van der Waals surface area contributed by atoms with Gasteiger partial charge in [0.05, 0.1) is 18.0 Å². The summed E-state index contributed by atoms with van der Waals surface area (Å²) in [4.78, 5) is 17.8. The van der Waals surface area contributed by atoms with Crippen molar-refractivity contribution in [2.24, 2.45) is 17.4 Å². The lowest BCUT2D eigenvalue weighted by atomic mass is 9.93. The van der Waals surface area contributed by atoms with Gasteiger partial charge in [0.1, 0.15) is 0 Å². The Morgan fingerprint density at radius 1 is 1.48 bits per heavy atom. The predicted molar refractivity (Wildman–Crippen MR) is 80.5 cm³/mol. The molecule has 1 aliphatic heterocycles. The lowest BCUT2D eigenvalue weighted by molar-refractivity contribution is -0.124. The number of piperidine rings is 1. The van der Waals surface area contributed by atoms with E-state index in [9.17, 15) is 4.79 Å². The highest BCUT2D eigenvalue weighted by atomic mass is 35.5. The van der Waals surface area contributed by atoms with Crippen molar-refractivity contribution in [3.05, 3.63) is 11.7 Å². The van der Waals surface area contributed by atoms with E-state index >= 15 is 0 Å². The highest BCUT2D eigenvalue weighted by Crippen LogP contribution is 2.23. The molecule has 0 radical (unpaired) electrons. The number of likely N-dealkylation sites (tertiary alicyclic amines) is 1. The first-order valence-corrected chi connectivity index (χ1v) is 6.92. The van der Waals surface area contributed by atoms with Crippen LogP contribution in [0.15, 0.2) is 4.52 Å². The summed E-state index contributed by atoms with van der Waals surface area (Å²) in [6.45, 7) is 6.94. The Morgan fingerprint density at radius 3 is 2.67 bits per heavy atom. The SMILES string of the molecule is CC1CCC(C(N)=O)CN1Cc1nc(C(C)(C)N)no1.Cl. The molecule has 1 aromatic rings. The highest BCUT2D eigenvalue weighted by molar-refractivity contribution is 5.85. The molecule has 120 valence electrons. The van der Waals surface area contributed by atoms with E-state index in [0.717, 1.165) is 12.8 Å². The van der Waals surface area contributed by atoms with Gasteiger partial charge < -0.3 is 16.0 Å². The normalized spacial score (nSPS) is 23.6. The minimum Gasteiger partial charge on any atom is -0.369 e. The zero-order valence-corrected chi connectivity index (χ0v) is 13.5. The van der Waals surface area contributed by atoms with E-state index in [4.69, 9.17) is 16.0 Å². The maximum absolute atomic E-state index is 11.3. The number of carbonyl (C=O) groups is 1. The van der Waals surface area contributed by atoms with Gasteiger partial charge in [0.25, 0.3) is 0 Å². The number of hydrogen-bond donors (Lipinski definition) is 2. The molecule has 1 amide bonds. The third-order valence-electron chi connectivity index (χ3n) is 3.80. The summed E-state index contributed by atoms with van der Waals surface area (Å²) >= 11 is 0. The van der Waals surface area contributed by atoms with E-state index < -0.39 is 5.54 Å². The van der Waals surface area contributed by atoms with Gasteiger partial charge in [-0.1, -0.05) is 5.16 Å². The third-order valence-corrected chi connectivity index (χ3v) is 3.80. The summed E-state index contributed by atoms with van der Waals surface area (Å²) in [6, 6.07) is 0.367. The highest BCUT2D eigenvalue weighted by Gasteiger charge is 2.30. The van der Waals surface area contributed by atoms with Crippen LogP contribution in [0.25, 0.3) is 0 Å². The number of amides is 1. The maximum Gasteiger partial charge on any atom is 0.240 e. The first-order valence-electron chi connectivity index (χ1n) is 6.92. The Kier molecular flexibility index (Phi) is 5.72. The summed E-state index contributed by atoms with van der Waals surface area (Å²) in [6.07, 6.45) is 1.79. The smallest absolute Gasteiger partial charge is 0.240 e. The fraction of sp³-hybridized carbons (Fsp3) is 0.769. The van der Waals surface area contributed by atoms with Crippen LogP contribution in [0.1, 0.15) is 45.3 Å². The molecular weight excluding hydrogens is 294 g/mol. The van der Waals surface area contributed by atoms with Gasteiger partial charge in [0.2, 0.25) is 11.8 Å². The molecule has 0 bridgehead atoms. The maximum atomic E-state index is 11.3. The van der Waals surface area contributed by atoms with Gasteiger partial charge in [0, 0.05) is 12.6 Å². The molecular formula is C13H24ClN5O2. The van der Waals surface area contributed by atoms with Crippen LogP contribution >= 0.6 is 12.4 Å². The standard InChI is InChI=1S/C13H23N5O2.ClH/c1-8-4-5-9(11(14)19)6-18(8)7-10-16-12(17-20-10)13(2,3)15;/h8-9H,4-7,15H2,1-3H3,(H2,14,19);1H. The molecule has 2 unspecified atom stereocenters. The van der Waals surface area contributed by atoms with Gasteiger partial charge in [-0.3, -0.25) is 9.69 Å². The molecule has 7 nitrogen and oxygen atoms in total. The van der Waals surface area contributed by atoms with Crippen molar-refractivity contribution >= 4 is 18.3 Å². The number of carbonyl (C=O) groups excluding carboxylic acids is 1. The molecule has 1 aromatic heterocycles. The second kappa shape index (κ2) is 6.72. The second-order valence-corrected chi connectivity index (χ2v) is 6.19. The first kappa shape index (κ1) is 17.9. The number of hydrogen-bond acceptors (Lipinski definition) is 6. The Morgan fingerprint density at radius 2 is 2.14 bits per heavy atom. The van der Waals surface area contributed by atoms with Crippen LogP contribution in [0, 0.1) is 5.92 Å². The Bertz CT molecular complexity index is 485. The number of halogens is 1. The van der Waals surface area contributed by atoms with Crippen LogP contribution < -0.4 is 11.5 Å². The third kappa shape index (κ3) is 4.39. The van der Waals surface area contributed by atoms with Crippen LogP contribution in [0.2, 0.25) is 0 Å². The summed E-state index contributed by atoms with van der Waals surface area (Å²) in [5, 5.41) is 3.90. The number of nitrogens with two attached hydrogens (primary N) is 2. The van der Waals surface area contributed by atoms with Crippen molar-refractivity contribution in [1.29, 1.82) is 0 Å². The minimum absolute atomic E-state index is 0. The van der Waals surface area contributed by atoms with Crippen molar-refractivity contribution in [1.82, 2.24) is 15.0 Å². The molecule has 0 aromatic carbocycles. The van der Waals surface area contributed by atoms with Crippen LogP contribution in [0.5, 0.6) is 0 Å². The molecule has 2 rings (SSSR count). The average Bonchev–Trinajstić information content (AvgIpc) is 2.80. The lowest BCUT2D eigenvalue weighted by Crippen LogP contribution is -2.45. The molecule has 21 heavy (non-hydrogen) atoms. The zero-order valence-electron chi connectivity index (χ0n) is 12.7. The molecule has 0 saturated carbocycles. The van der Waals surface area contributed by atoms with Crippen molar-refractivity contribution in [2.75, 3.05) is 6.54 Å². The molecule has 2 atom stereocenters. The summed E-state index contributed by atoms with van der Waals surface area (Å²) in [5.74, 6) is 0.676. The predicted octanol–water partition coefficient (Wildman–Crippen LogP) is 0.771. The quantitative estimate of drug-likeness (QED) is 0.848. The molecule has 1 fully saturated rings. The van der Waals surface area contributed by atoms with Gasteiger partial charge in [-0.2, -0.15) is 4.98 Å². The van der Waals surface area contributed by atoms with E-state index in [1.807, 2.05) is 13.8 Å². The topological polar surface area (TPSA) is 111 Å². The van der Waals surface area contributed by atoms with Crippen LogP contribution in [0.4, 0.5) is 0 Å². The molecule has 2 heterocycles. The second-order valence-electron chi connectivity index (χ2n) is 6.19. The molecule has 8 heteroatoms. The van der Waals surface area contributed by atoms with E-state index in [-0.39, 0.29) is 24.2 Å². The van der Waals surface area contributed by atoms with Gasteiger partial charge in [-0.05, 0) is 33.6 Å². The number of primary amides is 1. The van der Waals surface area contributed by atoms with Crippen LogP contribution in [-0.4, -0.2) is 33.5 Å². The number of nitrogens with zero attached hydrogens (tertiary/aromatic N) is 3. The number of aromatic nitrogens is 2. The Hall–Kier alpha value is -1.18. The fourth-order valence-electron chi connectivity index (χ4n) is 2.39. The summed E-state index contributed by atoms with van der Waals surface area (Å²) in [7, 11) is 0. The molecule has 1 aliphatic rings. The van der Waals surface area contributed by atoms with Crippen molar-refractivity contribution in [2.45, 2.75) is 51.7 Å². The minimum atomic E-state index is -0.620. The van der Waals surface area contributed by atoms with Crippen LogP contribution in [0.3, 0.4) is 0 Å². The van der Waals surface area contributed by atoms with Gasteiger partial charge in [0.15, 0.2) is 5.82 Å². The van der Waals surface area contributed by atoms with E-state index in [1.165, 1.54) is 0 Å².